The molecular formula is C25H30N2O4. The molecule has 0 radical (unpaired) electrons. The van der Waals surface area contributed by atoms with E-state index in [0.29, 0.717) is 22.7 Å². The van der Waals surface area contributed by atoms with Gasteiger partial charge >= 0.3 is 0 Å². The van der Waals surface area contributed by atoms with Crippen LogP contribution in [-0.4, -0.2) is 44.0 Å². The van der Waals surface area contributed by atoms with Gasteiger partial charge in [0.2, 0.25) is 5.91 Å². The minimum atomic E-state index is -0.310. The normalized spacial score (nSPS) is 14.3. The molecule has 0 unspecified atom stereocenters. The van der Waals surface area contributed by atoms with Crippen molar-refractivity contribution in [1.29, 1.82) is 0 Å². The molecule has 0 bridgehead atoms. The highest BCUT2D eigenvalue weighted by molar-refractivity contribution is 6.07. The molecule has 0 heterocycles. The lowest BCUT2D eigenvalue weighted by Gasteiger charge is -2.31. The molecule has 1 fully saturated rings. The maximum Gasteiger partial charge on any atom is 0.255 e. The van der Waals surface area contributed by atoms with Crippen LogP contribution in [-0.2, 0) is 4.79 Å². The van der Waals surface area contributed by atoms with E-state index in [0.717, 1.165) is 31.2 Å². The van der Waals surface area contributed by atoms with E-state index >= 15 is 0 Å². The van der Waals surface area contributed by atoms with Crippen molar-refractivity contribution in [2.45, 2.75) is 38.1 Å². The summed E-state index contributed by atoms with van der Waals surface area (Å²) in [4.78, 5) is 27.4. The van der Waals surface area contributed by atoms with Crippen LogP contribution < -0.4 is 14.8 Å². The molecule has 6 heteroatoms. The first-order valence-electron chi connectivity index (χ1n) is 10.6. The summed E-state index contributed by atoms with van der Waals surface area (Å²) < 4.78 is 10.5. The number of hydrogen-bond acceptors (Lipinski definition) is 4. The fraction of sp³-hybridized carbons (Fsp3) is 0.360. The van der Waals surface area contributed by atoms with Crippen molar-refractivity contribution >= 4 is 23.6 Å². The topological polar surface area (TPSA) is 67.9 Å². The van der Waals surface area contributed by atoms with Gasteiger partial charge in [0.1, 0.15) is 0 Å². The second-order valence-corrected chi connectivity index (χ2v) is 7.69. The summed E-state index contributed by atoms with van der Waals surface area (Å²) in [6, 6.07) is 12.8. The molecule has 0 aliphatic heterocycles. The number of para-hydroxylation sites is 1. The largest absolute Gasteiger partial charge is 0.493 e. The van der Waals surface area contributed by atoms with E-state index in [9.17, 15) is 9.59 Å². The van der Waals surface area contributed by atoms with Crippen LogP contribution in [0.1, 0.15) is 48.0 Å². The maximum absolute atomic E-state index is 13.1. The molecular weight excluding hydrogens is 392 g/mol. The van der Waals surface area contributed by atoms with E-state index in [1.165, 1.54) is 12.5 Å². The molecule has 164 valence electrons. The van der Waals surface area contributed by atoms with Crippen molar-refractivity contribution < 1.29 is 19.1 Å². The molecule has 0 aromatic heterocycles. The van der Waals surface area contributed by atoms with E-state index in [-0.39, 0.29) is 17.9 Å². The van der Waals surface area contributed by atoms with Crippen molar-refractivity contribution in [2.75, 3.05) is 26.6 Å². The van der Waals surface area contributed by atoms with Gasteiger partial charge in [-0.1, -0.05) is 37.5 Å². The van der Waals surface area contributed by atoms with Crippen LogP contribution >= 0.6 is 0 Å². The summed E-state index contributed by atoms with van der Waals surface area (Å²) in [5.74, 6) is 0.840. The Morgan fingerprint density at radius 1 is 1.00 bits per heavy atom. The van der Waals surface area contributed by atoms with Gasteiger partial charge in [-0.25, -0.2) is 0 Å². The first-order chi connectivity index (χ1) is 15.0. The standard InChI is InChI=1S/C25H30N2O4/c1-27(19-9-5-4-6-10-19)25(29)20-11-7-8-12-21(20)26-24(28)16-14-18-13-15-22(30-2)23(17-18)31-3/h7-8,11-17,19H,4-6,9-10H2,1-3H3,(H,26,28). The maximum atomic E-state index is 13.1. The molecule has 0 atom stereocenters. The smallest absolute Gasteiger partial charge is 0.255 e. The number of carbonyl (C=O) groups excluding carboxylic acids is 2. The highest BCUT2D eigenvalue weighted by Gasteiger charge is 2.24. The molecule has 2 aromatic carbocycles. The van der Waals surface area contributed by atoms with E-state index in [4.69, 9.17) is 9.47 Å². The fourth-order valence-electron chi connectivity index (χ4n) is 3.91. The second-order valence-electron chi connectivity index (χ2n) is 7.69. The number of methoxy groups -OCH3 is 2. The number of carbonyl (C=O) groups is 2. The van der Waals surface area contributed by atoms with Crippen molar-refractivity contribution in [3.8, 4) is 11.5 Å². The molecule has 2 amide bonds. The average Bonchev–Trinajstić information content (AvgIpc) is 2.82. The van der Waals surface area contributed by atoms with E-state index in [1.54, 1.807) is 44.6 Å². The minimum absolute atomic E-state index is 0.0633. The summed E-state index contributed by atoms with van der Waals surface area (Å²) in [5, 5.41) is 2.84. The molecule has 31 heavy (non-hydrogen) atoms. The minimum Gasteiger partial charge on any atom is -0.493 e. The van der Waals surface area contributed by atoms with Gasteiger partial charge in [0, 0.05) is 19.2 Å². The van der Waals surface area contributed by atoms with Gasteiger partial charge in [0.15, 0.2) is 11.5 Å². The van der Waals surface area contributed by atoms with E-state index in [1.807, 2.05) is 30.1 Å². The summed E-state index contributed by atoms with van der Waals surface area (Å²) >= 11 is 0. The molecule has 0 spiro atoms. The highest BCUT2D eigenvalue weighted by atomic mass is 16.5. The lowest BCUT2D eigenvalue weighted by molar-refractivity contribution is -0.111. The second kappa shape index (κ2) is 10.7. The zero-order chi connectivity index (χ0) is 22.2. The van der Waals surface area contributed by atoms with E-state index in [2.05, 4.69) is 5.32 Å². The number of nitrogens with one attached hydrogen (secondary N) is 1. The van der Waals surface area contributed by atoms with Gasteiger partial charge in [-0.15, -0.1) is 0 Å². The van der Waals surface area contributed by atoms with Gasteiger partial charge in [-0.05, 0) is 48.7 Å². The Bertz CT molecular complexity index is 948. The Morgan fingerprint density at radius 3 is 2.42 bits per heavy atom. The van der Waals surface area contributed by atoms with Gasteiger partial charge in [0.25, 0.3) is 5.91 Å². The average molecular weight is 423 g/mol. The van der Waals surface area contributed by atoms with E-state index < -0.39 is 0 Å². The molecule has 1 saturated carbocycles. The van der Waals surface area contributed by atoms with Crippen LogP contribution in [0.4, 0.5) is 5.69 Å². The van der Waals surface area contributed by atoms with Crippen molar-refractivity contribution in [2.24, 2.45) is 0 Å². The van der Waals surface area contributed by atoms with Crippen LogP contribution in [0, 0.1) is 0 Å². The van der Waals surface area contributed by atoms with Crippen LogP contribution in [0.3, 0.4) is 0 Å². The molecule has 1 aliphatic rings. The van der Waals surface area contributed by atoms with Gasteiger partial charge in [-0.2, -0.15) is 0 Å². The summed E-state index contributed by atoms with van der Waals surface area (Å²) in [5.41, 5.74) is 1.81. The van der Waals surface area contributed by atoms with Crippen LogP contribution in [0.2, 0.25) is 0 Å². The van der Waals surface area contributed by atoms with Crippen molar-refractivity contribution in [3.05, 3.63) is 59.7 Å². The number of anilines is 1. The monoisotopic (exact) mass is 422 g/mol. The lowest BCUT2D eigenvalue weighted by atomic mass is 9.94. The SMILES string of the molecule is COc1ccc(C=CC(=O)Nc2ccccc2C(=O)N(C)C2CCCCC2)cc1OC. The third-order valence-electron chi connectivity index (χ3n) is 5.69. The quantitative estimate of drug-likeness (QED) is 0.653. The Labute approximate surface area is 183 Å². The van der Waals surface area contributed by atoms with Crippen LogP contribution in [0.15, 0.2) is 48.5 Å². The number of ether oxygens (including phenoxy) is 2. The molecule has 6 nitrogen and oxygen atoms in total. The Morgan fingerprint density at radius 2 is 1.71 bits per heavy atom. The summed E-state index contributed by atoms with van der Waals surface area (Å²) in [7, 11) is 5.00. The lowest BCUT2D eigenvalue weighted by Crippen LogP contribution is -2.38. The first-order valence-corrected chi connectivity index (χ1v) is 10.6. The summed E-state index contributed by atoms with van der Waals surface area (Å²) in [6.07, 6.45) is 8.74. The zero-order valence-electron chi connectivity index (χ0n) is 18.4. The highest BCUT2D eigenvalue weighted by Crippen LogP contribution is 2.28. The van der Waals surface area contributed by atoms with Crippen molar-refractivity contribution in [1.82, 2.24) is 4.90 Å². The number of rotatable bonds is 7. The van der Waals surface area contributed by atoms with Gasteiger partial charge < -0.3 is 19.7 Å². The Hall–Kier alpha value is -3.28. The number of amides is 2. The summed E-state index contributed by atoms with van der Waals surface area (Å²) in [6.45, 7) is 0. The fourth-order valence-corrected chi connectivity index (χ4v) is 3.91. The van der Waals surface area contributed by atoms with Crippen LogP contribution in [0.5, 0.6) is 11.5 Å². The third-order valence-corrected chi connectivity index (χ3v) is 5.69. The first kappa shape index (κ1) is 22.4. The van der Waals surface area contributed by atoms with Gasteiger partial charge in [0.05, 0.1) is 25.5 Å². The molecule has 2 aromatic rings. The third kappa shape index (κ3) is 5.66. The number of nitrogens with zero attached hydrogens (tertiary/aromatic N) is 1. The number of hydrogen-bond donors (Lipinski definition) is 1. The van der Waals surface area contributed by atoms with Crippen LogP contribution in [0.25, 0.3) is 6.08 Å². The molecule has 3 rings (SSSR count). The van der Waals surface area contributed by atoms with Crippen molar-refractivity contribution in [3.63, 3.8) is 0 Å². The van der Waals surface area contributed by atoms with Gasteiger partial charge in [-0.3, -0.25) is 9.59 Å². The molecule has 1 aliphatic carbocycles. The number of benzene rings is 2. The zero-order valence-corrected chi connectivity index (χ0v) is 18.4. The Kier molecular flexibility index (Phi) is 7.70. The Balaban J connectivity index is 1.70. The predicted octanol–water partition coefficient (Wildman–Crippen LogP) is 4.76. The molecule has 0 saturated heterocycles. The molecule has 1 N–H and O–H groups in total. The predicted molar refractivity (Wildman–Crippen MR) is 123 cm³/mol.